The van der Waals surface area contributed by atoms with Crippen molar-refractivity contribution in [3.8, 4) is 11.9 Å². The number of aromatic nitrogens is 3. The number of nitrogens with zero attached hydrogens (tertiary/aromatic N) is 5. The van der Waals surface area contributed by atoms with Gasteiger partial charge in [0.15, 0.2) is 0 Å². The molecule has 24 heavy (non-hydrogen) atoms. The third-order valence-electron chi connectivity index (χ3n) is 4.10. The zero-order valence-corrected chi connectivity index (χ0v) is 14.1. The lowest BCUT2D eigenvalue weighted by Gasteiger charge is -2.32. The Balaban J connectivity index is 1.62. The Kier molecular flexibility index (Phi) is 4.90. The summed E-state index contributed by atoms with van der Waals surface area (Å²) in [4.78, 5) is 15.5. The number of nitriles is 1. The molecule has 6 nitrogen and oxygen atoms in total. The van der Waals surface area contributed by atoms with E-state index in [1.165, 1.54) is 0 Å². The Morgan fingerprint density at radius 1 is 1.29 bits per heavy atom. The van der Waals surface area contributed by atoms with Gasteiger partial charge in [-0.3, -0.25) is 0 Å². The second-order valence-electron chi connectivity index (χ2n) is 6.21. The summed E-state index contributed by atoms with van der Waals surface area (Å²) < 4.78 is 5.79. The molecule has 2 aromatic rings. The fourth-order valence-electron chi connectivity index (χ4n) is 2.99. The van der Waals surface area contributed by atoms with E-state index in [9.17, 15) is 0 Å². The molecule has 0 N–H and O–H groups in total. The number of hydrogen-bond donors (Lipinski definition) is 0. The summed E-state index contributed by atoms with van der Waals surface area (Å²) in [6.07, 6.45) is 3.81. The van der Waals surface area contributed by atoms with Gasteiger partial charge in [-0.1, -0.05) is 0 Å². The highest BCUT2D eigenvalue weighted by molar-refractivity contribution is 5.33. The minimum Gasteiger partial charge on any atom is -0.477 e. The van der Waals surface area contributed by atoms with E-state index in [1.54, 1.807) is 18.3 Å². The zero-order valence-electron chi connectivity index (χ0n) is 14.1. The maximum absolute atomic E-state index is 8.93. The Bertz CT molecular complexity index is 735. The maximum Gasteiger partial charge on any atom is 0.225 e. The van der Waals surface area contributed by atoms with Crippen LogP contribution in [0, 0.1) is 31.1 Å². The first-order chi connectivity index (χ1) is 11.6. The maximum atomic E-state index is 8.93. The number of pyridine rings is 1. The average molecular weight is 323 g/mol. The van der Waals surface area contributed by atoms with Gasteiger partial charge in [-0.05, 0) is 38.8 Å². The molecule has 0 aromatic carbocycles. The number of hydrogen-bond acceptors (Lipinski definition) is 6. The standard InChI is InChI=1S/C18H21N5O/c1-13-8-14(2)22-18(21-13)23-7-3-4-16(11-23)12-24-17-9-15(10-19)5-6-20-17/h5-6,8-9,16H,3-4,7,11-12H2,1-2H3. The summed E-state index contributed by atoms with van der Waals surface area (Å²) >= 11 is 0. The van der Waals surface area contributed by atoms with Crippen LogP contribution in [0.5, 0.6) is 5.88 Å². The van der Waals surface area contributed by atoms with Crippen LogP contribution >= 0.6 is 0 Å². The molecule has 1 fully saturated rings. The van der Waals surface area contributed by atoms with Crippen LogP contribution in [0.1, 0.15) is 29.8 Å². The molecule has 1 saturated heterocycles. The summed E-state index contributed by atoms with van der Waals surface area (Å²) in [5.41, 5.74) is 2.55. The van der Waals surface area contributed by atoms with Crippen molar-refractivity contribution in [1.82, 2.24) is 15.0 Å². The van der Waals surface area contributed by atoms with E-state index >= 15 is 0 Å². The molecule has 0 saturated carbocycles. The van der Waals surface area contributed by atoms with Crippen molar-refractivity contribution in [2.45, 2.75) is 26.7 Å². The van der Waals surface area contributed by atoms with Crippen molar-refractivity contribution in [3.05, 3.63) is 41.3 Å². The summed E-state index contributed by atoms with van der Waals surface area (Å²) in [6, 6.07) is 7.44. The molecule has 0 aliphatic carbocycles. The van der Waals surface area contributed by atoms with Gasteiger partial charge in [-0.15, -0.1) is 0 Å². The van der Waals surface area contributed by atoms with Gasteiger partial charge in [0, 0.05) is 42.7 Å². The Morgan fingerprint density at radius 2 is 2.08 bits per heavy atom. The van der Waals surface area contributed by atoms with E-state index < -0.39 is 0 Å². The first-order valence-electron chi connectivity index (χ1n) is 8.20. The zero-order chi connectivity index (χ0) is 16.9. The third-order valence-corrected chi connectivity index (χ3v) is 4.10. The van der Waals surface area contributed by atoms with Crippen molar-refractivity contribution < 1.29 is 4.74 Å². The van der Waals surface area contributed by atoms with Crippen LogP contribution in [0.3, 0.4) is 0 Å². The van der Waals surface area contributed by atoms with Gasteiger partial charge in [0.1, 0.15) is 0 Å². The summed E-state index contributed by atoms with van der Waals surface area (Å²) in [7, 11) is 0. The predicted octanol–water partition coefficient (Wildman–Crippen LogP) is 2.66. The van der Waals surface area contributed by atoms with Gasteiger partial charge in [0.05, 0.1) is 18.2 Å². The van der Waals surface area contributed by atoms with E-state index in [1.807, 2.05) is 19.9 Å². The van der Waals surface area contributed by atoms with Crippen LogP contribution in [0.15, 0.2) is 24.4 Å². The van der Waals surface area contributed by atoms with Crippen molar-refractivity contribution >= 4 is 5.95 Å². The van der Waals surface area contributed by atoms with Gasteiger partial charge in [0.25, 0.3) is 0 Å². The second kappa shape index (κ2) is 7.26. The van der Waals surface area contributed by atoms with Crippen LogP contribution in [-0.2, 0) is 0 Å². The summed E-state index contributed by atoms with van der Waals surface area (Å²) in [6.45, 7) is 6.43. The van der Waals surface area contributed by atoms with Crippen LogP contribution in [-0.4, -0.2) is 34.6 Å². The van der Waals surface area contributed by atoms with Crippen molar-refractivity contribution in [3.63, 3.8) is 0 Å². The van der Waals surface area contributed by atoms with E-state index in [4.69, 9.17) is 10.00 Å². The molecule has 1 aliphatic rings. The van der Waals surface area contributed by atoms with Gasteiger partial charge >= 0.3 is 0 Å². The quantitative estimate of drug-likeness (QED) is 0.861. The molecule has 0 amide bonds. The lowest BCUT2D eigenvalue weighted by Crippen LogP contribution is -2.39. The first kappa shape index (κ1) is 16.2. The summed E-state index contributed by atoms with van der Waals surface area (Å²) in [5, 5.41) is 8.93. The number of piperidine rings is 1. The molecular formula is C18H21N5O. The molecule has 1 unspecified atom stereocenters. The molecule has 0 radical (unpaired) electrons. The minimum atomic E-state index is 0.399. The molecule has 2 aromatic heterocycles. The molecule has 1 atom stereocenters. The highest BCUT2D eigenvalue weighted by Gasteiger charge is 2.22. The van der Waals surface area contributed by atoms with E-state index in [2.05, 4.69) is 25.9 Å². The number of anilines is 1. The molecule has 3 rings (SSSR count). The van der Waals surface area contributed by atoms with E-state index in [0.29, 0.717) is 24.0 Å². The first-order valence-corrected chi connectivity index (χ1v) is 8.20. The van der Waals surface area contributed by atoms with Gasteiger partial charge in [-0.25, -0.2) is 15.0 Å². The third kappa shape index (κ3) is 3.99. The monoisotopic (exact) mass is 323 g/mol. The number of aryl methyl sites for hydroxylation is 2. The largest absolute Gasteiger partial charge is 0.477 e. The SMILES string of the molecule is Cc1cc(C)nc(N2CCCC(COc3cc(C#N)ccn3)C2)n1. The molecule has 0 spiro atoms. The molecule has 3 heterocycles. The number of ether oxygens (including phenoxy) is 1. The molecule has 0 bridgehead atoms. The smallest absolute Gasteiger partial charge is 0.225 e. The molecule has 124 valence electrons. The fraction of sp³-hybridized carbons (Fsp3) is 0.444. The molecule has 1 aliphatic heterocycles. The minimum absolute atomic E-state index is 0.399. The van der Waals surface area contributed by atoms with Gasteiger partial charge in [0.2, 0.25) is 11.8 Å². The fourth-order valence-corrected chi connectivity index (χ4v) is 2.99. The lowest BCUT2D eigenvalue weighted by atomic mass is 9.99. The van der Waals surface area contributed by atoms with Crippen LogP contribution in [0.25, 0.3) is 0 Å². The topological polar surface area (TPSA) is 74.9 Å². The Labute approximate surface area is 142 Å². The normalized spacial score (nSPS) is 17.4. The summed E-state index contributed by atoms with van der Waals surface area (Å²) in [5.74, 6) is 1.71. The van der Waals surface area contributed by atoms with Crippen molar-refractivity contribution in [1.29, 1.82) is 5.26 Å². The van der Waals surface area contributed by atoms with Crippen molar-refractivity contribution in [2.75, 3.05) is 24.6 Å². The van der Waals surface area contributed by atoms with Gasteiger partial charge < -0.3 is 9.64 Å². The Morgan fingerprint density at radius 3 is 2.83 bits per heavy atom. The molecule has 6 heteroatoms. The van der Waals surface area contributed by atoms with Crippen molar-refractivity contribution in [2.24, 2.45) is 5.92 Å². The predicted molar refractivity (Wildman–Crippen MR) is 90.9 cm³/mol. The highest BCUT2D eigenvalue weighted by Crippen LogP contribution is 2.22. The van der Waals surface area contributed by atoms with Crippen LogP contribution in [0.4, 0.5) is 5.95 Å². The Hall–Kier alpha value is -2.68. The second-order valence-corrected chi connectivity index (χ2v) is 6.21. The lowest BCUT2D eigenvalue weighted by molar-refractivity contribution is 0.221. The van der Waals surface area contributed by atoms with Crippen LogP contribution < -0.4 is 9.64 Å². The highest BCUT2D eigenvalue weighted by atomic mass is 16.5. The molecular weight excluding hydrogens is 302 g/mol. The number of rotatable bonds is 4. The van der Waals surface area contributed by atoms with E-state index in [-0.39, 0.29) is 0 Å². The van der Waals surface area contributed by atoms with E-state index in [0.717, 1.165) is 43.3 Å². The van der Waals surface area contributed by atoms with Gasteiger partial charge in [-0.2, -0.15) is 5.26 Å². The van der Waals surface area contributed by atoms with Crippen LogP contribution in [0.2, 0.25) is 0 Å². The average Bonchev–Trinajstić information content (AvgIpc) is 2.59.